The summed E-state index contributed by atoms with van der Waals surface area (Å²) in [7, 11) is -3.34. The van der Waals surface area contributed by atoms with Crippen LogP contribution in [0, 0.1) is 5.92 Å². The van der Waals surface area contributed by atoms with Crippen molar-refractivity contribution < 1.29 is 8.42 Å². The molecule has 0 aliphatic rings. The van der Waals surface area contributed by atoms with Crippen LogP contribution in [-0.2, 0) is 10.0 Å². The fraction of sp³-hybridized carbons (Fsp3) is 1.00. The molecule has 4 nitrogen and oxygen atoms in total. The Morgan fingerprint density at radius 2 is 1.60 bits per heavy atom. The van der Waals surface area contributed by atoms with E-state index in [2.05, 4.69) is 4.72 Å². The molecular formula is C10H24N2O2S. The second-order valence-corrected chi connectivity index (χ2v) is 7.93. The van der Waals surface area contributed by atoms with E-state index in [9.17, 15) is 8.42 Å². The summed E-state index contributed by atoms with van der Waals surface area (Å²) in [5.41, 5.74) is 5.05. The zero-order valence-electron chi connectivity index (χ0n) is 10.6. The van der Waals surface area contributed by atoms with E-state index in [4.69, 9.17) is 5.73 Å². The smallest absolute Gasteiger partial charge is 0.217 e. The first-order valence-corrected chi connectivity index (χ1v) is 6.68. The molecule has 0 aromatic rings. The van der Waals surface area contributed by atoms with Gasteiger partial charge in [0.1, 0.15) is 0 Å². The highest BCUT2D eigenvalue weighted by molar-refractivity contribution is 7.90. The lowest BCUT2D eigenvalue weighted by Crippen LogP contribution is -2.58. The molecular weight excluding hydrogens is 212 g/mol. The van der Waals surface area contributed by atoms with Gasteiger partial charge in [-0.3, -0.25) is 0 Å². The molecule has 0 spiro atoms. The van der Waals surface area contributed by atoms with Crippen molar-refractivity contribution in [2.45, 2.75) is 51.8 Å². The maximum absolute atomic E-state index is 12.0. The Balaban J connectivity index is 5.03. The number of rotatable bonds is 4. The predicted molar refractivity (Wildman–Crippen MR) is 64.1 cm³/mol. The van der Waals surface area contributed by atoms with Crippen molar-refractivity contribution in [1.82, 2.24) is 4.72 Å². The van der Waals surface area contributed by atoms with E-state index < -0.39 is 20.3 Å². The van der Waals surface area contributed by atoms with Gasteiger partial charge in [0, 0.05) is 12.1 Å². The lowest BCUT2D eigenvalue weighted by atomic mass is 9.90. The van der Waals surface area contributed by atoms with Gasteiger partial charge in [0.2, 0.25) is 10.0 Å². The molecule has 92 valence electrons. The quantitative estimate of drug-likeness (QED) is 0.767. The number of nitrogens with two attached hydrogens (primary N) is 1. The third kappa shape index (κ3) is 3.43. The zero-order chi connectivity index (χ0) is 12.5. The monoisotopic (exact) mass is 236 g/mol. The van der Waals surface area contributed by atoms with Crippen molar-refractivity contribution in [2.24, 2.45) is 11.7 Å². The molecule has 0 heterocycles. The fourth-order valence-corrected chi connectivity index (χ4v) is 2.09. The number of hydrogen-bond acceptors (Lipinski definition) is 3. The molecule has 15 heavy (non-hydrogen) atoms. The van der Waals surface area contributed by atoms with Crippen LogP contribution in [-0.4, -0.2) is 25.2 Å². The average Bonchev–Trinajstić information content (AvgIpc) is 2.00. The molecule has 0 aromatic heterocycles. The molecule has 0 aliphatic heterocycles. The Hall–Kier alpha value is -0.130. The van der Waals surface area contributed by atoms with Crippen LogP contribution in [0.4, 0.5) is 0 Å². The Morgan fingerprint density at radius 3 is 1.80 bits per heavy atom. The van der Waals surface area contributed by atoms with E-state index in [1.54, 1.807) is 20.8 Å². The Bertz CT molecular complexity index is 304. The second kappa shape index (κ2) is 4.39. The Morgan fingerprint density at radius 1 is 1.20 bits per heavy atom. The van der Waals surface area contributed by atoms with E-state index in [0.717, 1.165) is 0 Å². The second-order valence-electron chi connectivity index (χ2n) is 5.49. The van der Waals surface area contributed by atoms with E-state index in [-0.39, 0.29) is 5.92 Å². The van der Waals surface area contributed by atoms with Gasteiger partial charge in [-0.2, -0.15) is 0 Å². The SMILES string of the molecule is CC(C)C(C)(CN)NS(=O)(=O)C(C)(C)C. The first kappa shape index (κ1) is 14.9. The third-order valence-corrected chi connectivity index (χ3v) is 5.22. The summed E-state index contributed by atoms with van der Waals surface area (Å²) in [5, 5.41) is 0. The fourth-order valence-electron chi connectivity index (χ4n) is 0.855. The molecule has 0 aliphatic carbocycles. The van der Waals surface area contributed by atoms with Gasteiger partial charge in [-0.25, -0.2) is 13.1 Å². The normalized spacial score (nSPS) is 17.9. The van der Waals surface area contributed by atoms with Gasteiger partial charge in [0.05, 0.1) is 4.75 Å². The van der Waals surface area contributed by atoms with Gasteiger partial charge in [0.25, 0.3) is 0 Å². The van der Waals surface area contributed by atoms with Crippen LogP contribution in [0.1, 0.15) is 41.5 Å². The molecule has 0 saturated carbocycles. The summed E-state index contributed by atoms with van der Waals surface area (Å²) in [6, 6.07) is 0. The first-order chi connectivity index (χ1) is 6.46. The van der Waals surface area contributed by atoms with Gasteiger partial charge in [0.15, 0.2) is 0 Å². The highest BCUT2D eigenvalue weighted by Crippen LogP contribution is 2.21. The standard InChI is InChI=1S/C10H24N2O2S/c1-8(2)10(6,7-11)12-15(13,14)9(3,4)5/h8,12H,7,11H2,1-6H3. The van der Waals surface area contributed by atoms with Crippen LogP contribution in [0.2, 0.25) is 0 Å². The summed E-state index contributed by atoms with van der Waals surface area (Å²) < 4.78 is 25.8. The maximum atomic E-state index is 12.0. The van der Waals surface area contributed by atoms with E-state index in [0.29, 0.717) is 6.54 Å². The van der Waals surface area contributed by atoms with Crippen molar-refractivity contribution in [2.75, 3.05) is 6.54 Å². The molecule has 0 fully saturated rings. The average molecular weight is 236 g/mol. The van der Waals surface area contributed by atoms with Gasteiger partial charge < -0.3 is 5.73 Å². The van der Waals surface area contributed by atoms with Crippen LogP contribution in [0.15, 0.2) is 0 Å². The number of nitrogens with one attached hydrogen (secondary N) is 1. The van der Waals surface area contributed by atoms with Crippen molar-refractivity contribution in [3.05, 3.63) is 0 Å². The topological polar surface area (TPSA) is 72.2 Å². The van der Waals surface area contributed by atoms with Crippen molar-refractivity contribution >= 4 is 10.0 Å². The summed E-state index contributed by atoms with van der Waals surface area (Å²) >= 11 is 0. The Labute approximate surface area is 93.7 Å². The molecule has 3 N–H and O–H groups in total. The highest BCUT2D eigenvalue weighted by Gasteiger charge is 2.37. The minimum absolute atomic E-state index is 0.152. The maximum Gasteiger partial charge on any atom is 0.217 e. The molecule has 1 atom stereocenters. The summed E-state index contributed by atoms with van der Waals surface area (Å²) in [6.07, 6.45) is 0. The van der Waals surface area contributed by atoms with Crippen molar-refractivity contribution in [3.8, 4) is 0 Å². The lowest BCUT2D eigenvalue weighted by molar-refractivity contribution is 0.312. The molecule has 0 bridgehead atoms. The molecule has 0 amide bonds. The largest absolute Gasteiger partial charge is 0.329 e. The molecule has 5 heteroatoms. The summed E-state index contributed by atoms with van der Waals surface area (Å²) in [4.78, 5) is 0. The van der Waals surface area contributed by atoms with E-state index >= 15 is 0 Å². The summed E-state index contributed by atoms with van der Waals surface area (Å²) in [5.74, 6) is 0.152. The summed E-state index contributed by atoms with van der Waals surface area (Å²) in [6.45, 7) is 11.1. The van der Waals surface area contributed by atoms with Gasteiger partial charge in [-0.05, 0) is 33.6 Å². The van der Waals surface area contributed by atoms with E-state index in [1.807, 2.05) is 20.8 Å². The van der Waals surface area contributed by atoms with Crippen molar-refractivity contribution in [3.63, 3.8) is 0 Å². The minimum Gasteiger partial charge on any atom is -0.329 e. The van der Waals surface area contributed by atoms with Crippen LogP contribution >= 0.6 is 0 Å². The Kier molecular flexibility index (Phi) is 4.35. The third-order valence-electron chi connectivity index (χ3n) is 2.87. The lowest BCUT2D eigenvalue weighted by Gasteiger charge is -2.36. The van der Waals surface area contributed by atoms with Crippen LogP contribution in [0.3, 0.4) is 0 Å². The highest BCUT2D eigenvalue weighted by atomic mass is 32.2. The molecule has 0 radical (unpaired) electrons. The molecule has 1 unspecified atom stereocenters. The van der Waals surface area contributed by atoms with Gasteiger partial charge in [-0.15, -0.1) is 0 Å². The van der Waals surface area contributed by atoms with Crippen LogP contribution < -0.4 is 10.5 Å². The van der Waals surface area contributed by atoms with Crippen LogP contribution in [0.5, 0.6) is 0 Å². The molecule has 0 rings (SSSR count). The van der Waals surface area contributed by atoms with Crippen molar-refractivity contribution in [1.29, 1.82) is 0 Å². The molecule has 0 saturated heterocycles. The van der Waals surface area contributed by atoms with Gasteiger partial charge in [-0.1, -0.05) is 13.8 Å². The predicted octanol–water partition coefficient (Wildman–Crippen LogP) is 1.08. The first-order valence-electron chi connectivity index (χ1n) is 5.20. The minimum atomic E-state index is -3.34. The molecule has 0 aromatic carbocycles. The van der Waals surface area contributed by atoms with Crippen LogP contribution in [0.25, 0.3) is 0 Å². The number of sulfonamides is 1. The van der Waals surface area contributed by atoms with Gasteiger partial charge >= 0.3 is 0 Å². The number of hydrogen-bond donors (Lipinski definition) is 2. The zero-order valence-corrected chi connectivity index (χ0v) is 11.4. The van der Waals surface area contributed by atoms with E-state index in [1.165, 1.54) is 0 Å².